The van der Waals surface area contributed by atoms with Crippen LogP contribution in [0.5, 0.6) is 0 Å². The number of ketones is 1. The van der Waals surface area contributed by atoms with E-state index in [-0.39, 0.29) is 11.8 Å². The molecule has 0 fully saturated rings. The smallest absolute Gasteiger partial charge is 0.338 e. The second kappa shape index (κ2) is 8.22. The molecule has 1 aliphatic rings. The summed E-state index contributed by atoms with van der Waals surface area (Å²) in [5.74, 6) is -0.199. The number of carbonyl (C=O) groups excluding carboxylic acids is 2. The first-order chi connectivity index (χ1) is 10.7. The van der Waals surface area contributed by atoms with Crippen LogP contribution in [0.4, 0.5) is 5.69 Å². The van der Waals surface area contributed by atoms with Crippen LogP contribution in [-0.2, 0) is 9.53 Å². The highest BCUT2D eigenvalue weighted by Crippen LogP contribution is 2.14. The van der Waals surface area contributed by atoms with Crippen molar-refractivity contribution in [2.75, 3.05) is 12.0 Å². The molecule has 0 radical (unpaired) electrons. The summed E-state index contributed by atoms with van der Waals surface area (Å²) >= 11 is 0. The summed E-state index contributed by atoms with van der Waals surface area (Å²) in [6, 6.07) is 6.92. The normalized spacial score (nSPS) is 15.3. The van der Waals surface area contributed by atoms with Gasteiger partial charge < -0.3 is 10.2 Å². The van der Waals surface area contributed by atoms with Crippen molar-refractivity contribution in [3.63, 3.8) is 0 Å². The fourth-order valence-electron chi connectivity index (χ4n) is 2.27. The molecule has 2 rings (SSSR count). The van der Waals surface area contributed by atoms with Gasteiger partial charge in [0.1, 0.15) is 0 Å². The number of rotatable bonds is 5. The minimum Gasteiger partial charge on any atom is -0.462 e. The number of esters is 1. The third-order valence-electron chi connectivity index (χ3n) is 3.49. The van der Waals surface area contributed by atoms with E-state index in [0.29, 0.717) is 24.3 Å². The first-order valence-corrected chi connectivity index (χ1v) is 7.73. The minimum atomic E-state index is -0.333. The summed E-state index contributed by atoms with van der Waals surface area (Å²) in [5, 5.41) is 0. The van der Waals surface area contributed by atoms with Crippen LogP contribution in [-0.4, -0.2) is 18.4 Å². The zero-order valence-corrected chi connectivity index (χ0v) is 12.9. The first-order valence-electron chi connectivity index (χ1n) is 7.73. The fourth-order valence-corrected chi connectivity index (χ4v) is 2.27. The highest BCUT2D eigenvalue weighted by molar-refractivity contribution is 5.95. The summed E-state index contributed by atoms with van der Waals surface area (Å²) in [6.07, 6.45) is 6.62. The van der Waals surface area contributed by atoms with E-state index in [4.69, 9.17) is 4.74 Å². The highest BCUT2D eigenvalue weighted by atomic mass is 16.5. The zero-order valence-electron chi connectivity index (χ0n) is 12.9. The van der Waals surface area contributed by atoms with E-state index in [0.717, 1.165) is 31.4 Å². The molecule has 0 aromatic heterocycles. The summed E-state index contributed by atoms with van der Waals surface area (Å²) in [4.78, 5) is 23.5. The number of allylic oxidation sites excluding steroid dienone is 2. The van der Waals surface area contributed by atoms with Crippen LogP contribution in [0.15, 0.2) is 36.0 Å². The molecule has 22 heavy (non-hydrogen) atoms. The van der Waals surface area contributed by atoms with E-state index in [1.54, 1.807) is 31.2 Å². The van der Waals surface area contributed by atoms with Crippen LogP contribution in [0.25, 0.3) is 0 Å². The molecule has 0 amide bonds. The SMILES string of the molecule is CCOC(=O)c1ccc(NNC2=CCCCCCC2=O)cc1. The predicted octanol–water partition coefficient (Wildman–Crippen LogP) is 3.20. The average molecular weight is 302 g/mol. The molecule has 0 heterocycles. The average Bonchev–Trinajstić information content (AvgIpc) is 2.51. The maximum atomic E-state index is 12.0. The van der Waals surface area contributed by atoms with E-state index < -0.39 is 0 Å². The number of benzene rings is 1. The monoisotopic (exact) mass is 302 g/mol. The molecule has 118 valence electrons. The van der Waals surface area contributed by atoms with Crippen molar-refractivity contribution in [3.8, 4) is 0 Å². The summed E-state index contributed by atoms with van der Waals surface area (Å²) in [6.45, 7) is 2.13. The first kappa shape index (κ1) is 16.1. The van der Waals surface area contributed by atoms with Crippen molar-refractivity contribution in [3.05, 3.63) is 41.6 Å². The predicted molar refractivity (Wildman–Crippen MR) is 85.3 cm³/mol. The van der Waals surface area contributed by atoms with Gasteiger partial charge in [0.25, 0.3) is 0 Å². The zero-order chi connectivity index (χ0) is 15.8. The maximum Gasteiger partial charge on any atom is 0.338 e. The quantitative estimate of drug-likeness (QED) is 0.646. The minimum absolute atomic E-state index is 0.135. The third-order valence-corrected chi connectivity index (χ3v) is 3.49. The van der Waals surface area contributed by atoms with Gasteiger partial charge in [-0.15, -0.1) is 0 Å². The Balaban J connectivity index is 1.93. The largest absolute Gasteiger partial charge is 0.462 e. The topological polar surface area (TPSA) is 67.4 Å². The number of anilines is 1. The molecule has 0 atom stereocenters. The number of ether oxygens (including phenoxy) is 1. The Morgan fingerprint density at radius 1 is 1.14 bits per heavy atom. The van der Waals surface area contributed by atoms with Crippen molar-refractivity contribution in [2.24, 2.45) is 0 Å². The van der Waals surface area contributed by atoms with E-state index in [9.17, 15) is 9.59 Å². The van der Waals surface area contributed by atoms with Gasteiger partial charge in [-0.1, -0.05) is 12.5 Å². The molecule has 1 aliphatic carbocycles. The molecule has 1 aromatic carbocycles. The summed E-state index contributed by atoms with van der Waals surface area (Å²) in [7, 11) is 0. The fraction of sp³-hybridized carbons (Fsp3) is 0.412. The Bertz CT molecular complexity index is 550. The van der Waals surface area contributed by atoms with Gasteiger partial charge in [-0.05, 0) is 50.5 Å². The lowest BCUT2D eigenvalue weighted by molar-refractivity contribution is -0.116. The molecule has 0 saturated carbocycles. The Kier molecular flexibility index (Phi) is 6.01. The molecule has 0 aliphatic heterocycles. The van der Waals surface area contributed by atoms with Gasteiger partial charge >= 0.3 is 5.97 Å². The van der Waals surface area contributed by atoms with E-state index >= 15 is 0 Å². The van der Waals surface area contributed by atoms with Crippen LogP contribution in [0.3, 0.4) is 0 Å². The van der Waals surface area contributed by atoms with Crippen molar-refractivity contribution in [1.82, 2.24) is 5.43 Å². The van der Waals surface area contributed by atoms with Crippen LogP contribution in [0.2, 0.25) is 0 Å². The molecule has 0 bridgehead atoms. The van der Waals surface area contributed by atoms with Crippen molar-refractivity contribution in [2.45, 2.75) is 39.0 Å². The lowest BCUT2D eigenvalue weighted by Crippen LogP contribution is -2.26. The second-order valence-corrected chi connectivity index (χ2v) is 5.19. The lowest BCUT2D eigenvalue weighted by atomic mass is 10.0. The van der Waals surface area contributed by atoms with Gasteiger partial charge in [0.15, 0.2) is 5.78 Å². The van der Waals surface area contributed by atoms with Gasteiger partial charge in [-0.2, -0.15) is 0 Å². The van der Waals surface area contributed by atoms with Gasteiger partial charge in [-0.25, -0.2) is 4.79 Å². The van der Waals surface area contributed by atoms with E-state index in [2.05, 4.69) is 10.9 Å². The molecule has 2 N–H and O–H groups in total. The Labute approximate surface area is 130 Å². The van der Waals surface area contributed by atoms with E-state index in [1.807, 2.05) is 6.08 Å². The van der Waals surface area contributed by atoms with E-state index in [1.165, 1.54) is 0 Å². The van der Waals surface area contributed by atoms with Gasteiger partial charge in [0, 0.05) is 6.42 Å². The van der Waals surface area contributed by atoms with Gasteiger partial charge in [-0.3, -0.25) is 10.2 Å². The Morgan fingerprint density at radius 3 is 2.64 bits per heavy atom. The number of Topliss-reactive ketones (excluding diaryl/α,β-unsaturated/α-hetero) is 1. The summed E-state index contributed by atoms with van der Waals surface area (Å²) in [5.41, 5.74) is 7.88. The molecule has 0 unspecified atom stereocenters. The molecule has 0 spiro atoms. The second-order valence-electron chi connectivity index (χ2n) is 5.19. The van der Waals surface area contributed by atoms with Crippen molar-refractivity contribution in [1.29, 1.82) is 0 Å². The number of hydrogen-bond acceptors (Lipinski definition) is 5. The number of hydrogen-bond donors (Lipinski definition) is 2. The van der Waals surface area contributed by atoms with Crippen LogP contribution in [0, 0.1) is 0 Å². The third kappa shape index (κ3) is 4.62. The molecular formula is C17H22N2O3. The summed E-state index contributed by atoms with van der Waals surface area (Å²) < 4.78 is 4.93. The van der Waals surface area contributed by atoms with Crippen molar-refractivity contribution >= 4 is 17.4 Å². The van der Waals surface area contributed by atoms with Crippen LogP contribution in [0.1, 0.15) is 49.4 Å². The maximum absolute atomic E-state index is 12.0. The Morgan fingerprint density at radius 2 is 1.91 bits per heavy atom. The lowest BCUT2D eigenvalue weighted by Gasteiger charge is -2.14. The van der Waals surface area contributed by atoms with Crippen LogP contribution < -0.4 is 10.9 Å². The molecule has 1 aromatic rings. The standard InChI is InChI=1S/C17H22N2O3/c1-2-22-17(21)13-9-11-14(12-10-13)18-19-15-7-5-3-4-6-8-16(15)20/h7,9-12,18-19H,2-6,8H2,1H3. The Hall–Kier alpha value is -2.30. The number of nitrogens with one attached hydrogen (secondary N) is 2. The van der Waals surface area contributed by atoms with Crippen molar-refractivity contribution < 1.29 is 14.3 Å². The molecule has 0 saturated heterocycles. The number of carbonyl (C=O) groups is 2. The van der Waals surface area contributed by atoms with Gasteiger partial charge in [0.2, 0.25) is 0 Å². The van der Waals surface area contributed by atoms with Gasteiger partial charge in [0.05, 0.1) is 23.6 Å². The molecular weight excluding hydrogens is 280 g/mol. The molecule has 5 heteroatoms. The number of hydrazine groups is 1. The molecule has 5 nitrogen and oxygen atoms in total. The highest BCUT2D eigenvalue weighted by Gasteiger charge is 2.11. The van der Waals surface area contributed by atoms with Crippen LogP contribution >= 0.6 is 0 Å².